The Balaban J connectivity index is 2.43. The number of nitrogens with zero attached hydrogens (tertiary/aromatic N) is 2. The second-order valence-electron chi connectivity index (χ2n) is 5.01. The summed E-state index contributed by atoms with van der Waals surface area (Å²) >= 11 is 5.72. The van der Waals surface area contributed by atoms with E-state index in [0.717, 1.165) is 12.8 Å². The Labute approximate surface area is 107 Å². The summed E-state index contributed by atoms with van der Waals surface area (Å²) in [6.07, 6.45) is 4.82. The van der Waals surface area contributed by atoms with Crippen LogP contribution >= 0.6 is 11.6 Å². The molecule has 96 valence electrons. The smallest absolute Gasteiger partial charge is 0.149 e. The van der Waals surface area contributed by atoms with Gasteiger partial charge in [0.2, 0.25) is 0 Å². The first kappa shape index (κ1) is 14.2. The monoisotopic (exact) mass is 257 g/mol. The minimum absolute atomic E-state index is 0.344. The molecule has 0 radical (unpaired) electrons. The SMILES string of the molecule is CC(C)CCC(C)(O)CNc1cncc(Cl)n1. The third-order valence-electron chi connectivity index (χ3n) is 2.52. The van der Waals surface area contributed by atoms with E-state index in [2.05, 4.69) is 29.1 Å². The summed E-state index contributed by atoms with van der Waals surface area (Å²) in [5.74, 6) is 1.18. The van der Waals surface area contributed by atoms with Crippen molar-refractivity contribution in [3.63, 3.8) is 0 Å². The molecule has 0 spiro atoms. The van der Waals surface area contributed by atoms with Crippen LogP contribution in [0.4, 0.5) is 5.82 Å². The summed E-state index contributed by atoms with van der Waals surface area (Å²) in [4.78, 5) is 7.97. The number of anilines is 1. The first-order valence-corrected chi connectivity index (χ1v) is 6.21. The van der Waals surface area contributed by atoms with Crippen molar-refractivity contribution in [1.29, 1.82) is 0 Å². The van der Waals surface area contributed by atoms with Gasteiger partial charge in [0.05, 0.1) is 18.0 Å². The van der Waals surface area contributed by atoms with Gasteiger partial charge >= 0.3 is 0 Å². The van der Waals surface area contributed by atoms with E-state index < -0.39 is 5.60 Å². The van der Waals surface area contributed by atoms with Crippen LogP contribution < -0.4 is 5.32 Å². The van der Waals surface area contributed by atoms with Gasteiger partial charge in [0.1, 0.15) is 11.0 Å². The Morgan fingerprint density at radius 1 is 1.47 bits per heavy atom. The Kier molecular flexibility index (Phi) is 5.15. The molecular weight excluding hydrogens is 238 g/mol. The van der Waals surface area contributed by atoms with Gasteiger partial charge in [-0.15, -0.1) is 0 Å². The molecule has 0 bridgehead atoms. The molecular formula is C12H20ClN3O. The molecule has 1 aromatic heterocycles. The molecule has 5 heteroatoms. The second kappa shape index (κ2) is 6.17. The lowest BCUT2D eigenvalue weighted by atomic mass is 9.95. The average molecular weight is 258 g/mol. The van der Waals surface area contributed by atoms with E-state index in [0.29, 0.717) is 23.4 Å². The van der Waals surface area contributed by atoms with Gasteiger partial charge in [-0.05, 0) is 25.7 Å². The minimum Gasteiger partial charge on any atom is -0.388 e. The van der Waals surface area contributed by atoms with Gasteiger partial charge in [0.15, 0.2) is 0 Å². The zero-order valence-electron chi connectivity index (χ0n) is 10.6. The molecule has 17 heavy (non-hydrogen) atoms. The largest absolute Gasteiger partial charge is 0.388 e. The molecule has 1 atom stereocenters. The standard InChI is InChI=1S/C12H20ClN3O/c1-9(2)4-5-12(3,17)8-15-11-7-14-6-10(13)16-11/h6-7,9,17H,4-5,8H2,1-3H3,(H,15,16). The lowest BCUT2D eigenvalue weighted by Gasteiger charge is -2.24. The minimum atomic E-state index is -0.742. The molecule has 0 aromatic carbocycles. The molecule has 1 rings (SSSR count). The van der Waals surface area contributed by atoms with Crippen molar-refractivity contribution >= 4 is 17.4 Å². The van der Waals surface area contributed by atoms with Crippen molar-refractivity contribution in [1.82, 2.24) is 9.97 Å². The maximum absolute atomic E-state index is 10.2. The number of aromatic nitrogens is 2. The van der Waals surface area contributed by atoms with Crippen molar-refractivity contribution in [2.24, 2.45) is 5.92 Å². The maximum Gasteiger partial charge on any atom is 0.149 e. The van der Waals surface area contributed by atoms with Gasteiger partial charge in [0, 0.05) is 6.54 Å². The van der Waals surface area contributed by atoms with E-state index in [1.165, 1.54) is 6.20 Å². The molecule has 0 aliphatic rings. The van der Waals surface area contributed by atoms with Crippen LogP contribution in [0.15, 0.2) is 12.4 Å². The number of halogens is 1. The number of aliphatic hydroxyl groups is 1. The van der Waals surface area contributed by atoms with Crippen molar-refractivity contribution < 1.29 is 5.11 Å². The zero-order chi connectivity index (χ0) is 12.9. The van der Waals surface area contributed by atoms with Gasteiger partial charge in [0.25, 0.3) is 0 Å². The Morgan fingerprint density at radius 3 is 2.76 bits per heavy atom. The Hall–Kier alpha value is -0.870. The van der Waals surface area contributed by atoms with Gasteiger partial charge in [-0.3, -0.25) is 4.98 Å². The molecule has 0 aliphatic heterocycles. The molecule has 1 aromatic rings. The third-order valence-corrected chi connectivity index (χ3v) is 2.70. The second-order valence-corrected chi connectivity index (χ2v) is 5.40. The van der Waals surface area contributed by atoms with Crippen LogP contribution in [0.2, 0.25) is 5.15 Å². The van der Waals surface area contributed by atoms with Crippen LogP contribution in [0.3, 0.4) is 0 Å². The predicted octanol–water partition coefficient (Wildman–Crippen LogP) is 2.73. The molecule has 2 N–H and O–H groups in total. The first-order chi connectivity index (χ1) is 7.89. The quantitative estimate of drug-likeness (QED) is 0.823. The van der Waals surface area contributed by atoms with Gasteiger partial charge < -0.3 is 10.4 Å². The fourth-order valence-electron chi connectivity index (χ4n) is 1.40. The molecule has 1 unspecified atom stereocenters. The van der Waals surface area contributed by atoms with Crippen LogP contribution in [0.1, 0.15) is 33.6 Å². The summed E-state index contributed by atoms with van der Waals surface area (Å²) in [5.41, 5.74) is -0.742. The first-order valence-electron chi connectivity index (χ1n) is 5.83. The third kappa shape index (κ3) is 5.84. The summed E-state index contributed by atoms with van der Waals surface area (Å²) in [5, 5.41) is 13.5. The molecule has 0 amide bonds. The molecule has 1 heterocycles. The molecule has 0 saturated heterocycles. The fraction of sp³-hybridized carbons (Fsp3) is 0.667. The Morgan fingerprint density at radius 2 is 2.18 bits per heavy atom. The summed E-state index contributed by atoms with van der Waals surface area (Å²) in [6.45, 7) is 6.55. The number of nitrogens with one attached hydrogen (secondary N) is 1. The van der Waals surface area contributed by atoms with E-state index >= 15 is 0 Å². The highest BCUT2D eigenvalue weighted by molar-refractivity contribution is 6.29. The van der Waals surface area contributed by atoms with Crippen LogP contribution in [0.5, 0.6) is 0 Å². The lowest BCUT2D eigenvalue weighted by molar-refractivity contribution is 0.0585. The maximum atomic E-state index is 10.2. The van der Waals surface area contributed by atoms with Crippen molar-refractivity contribution in [3.05, 3.63) is 17.5 Å². The van der Waals surface area contributed by atoms with E-state index in [1.54, 1.807) is 6.20 Å². The summed E-state index contributed by atoms with van der Waals surface area (Å²) < 4.78 is 0. The highest BCUT2D eigenvalue weighted by Gasteiger charge is 2.20. The number of rotatable bonds is 6. The molecule has 4 nitrogen and oxygen atoms in total. The van der Waals surface area contributed by atoms with E-state index in [1.807, 2.05) is 6.92 Å². The summed E-state index contributed by atoms with van der Waals surface area (Å²) in [6, 6.07) is 0. The van der Waals surface area contributed by atoms with Crippen LogP contribution in [0.25, 0.3) is 0 Å². The highest BCUT2D eigenvalue weighted by atomic mass is 35.5. The van der Waals surface area contributed by atoms with E-state index in [9.17, 15) is 5.11 Å². The molecule has 0 fully saturated rings. The van der Waals surface area contributed by atoms with Gasteiger partial charge in [-0.25, -0.2) is 4.98 Å². The van der Waals surface area contributed by atoms with Crippen LogP contribution in [-0.2, 0) is 0 Å². The molecule has 0 aliphatic carbocycles. The van der Waals surface area contributed by atoms with Crippen LogP contribution in [-0.4, -0.2) is 27.2 Å². The van der Waals surface area contributed by atoms with Crippen molar-refractivity contribution in [2.45, 2.75) is 39.2 Å². The fourth-order valence-corrected chi connectivity index (χ4v) is 1.54. The van der Waals surface area contributed by atoms with Crippen molar-refractivity contribution in [3.8, 4) is 0 Å². The zero-order valence-corrected chi connectivity index (χ0v) is 11.3. The van der Waals surface area contributed by atoms with E-state index in [4.69, 9.17) is 11.6 Å². The lowest BCUT2D eigenvalue weighted by Crippen LogP contribution is -2.34. The normalized spacial score (nSPS) is 14.7. The summed E-state index contributed by atoms with van der Waals surface area (Å²) in [7, 11) is 0. The highest BCUT2D eigenvalue weighted by Crippen LogP contribution is 2.17. The number of hydrogen-bond donors (Lipinski definition) is 2. The predicted molar refractivity (Wildman–Crippen MR) is 70.2 cm³/mol. The number of hydrogen-bond acceptors (Lipinski definition) is 4. The molecule has 0 saturated carbocycles. The van der Waals surface area contributed by atoms with Gasteiger partial charge in [-0.1, -0.05) is 25.4 Å². The van der Waals surface area contributed by atoms with Gasteiger partial charge in [-0.2, -0.15) is 0 Å². The Bertz CT molecular complexity index is 355. The average Bonchev–Trinajstić information content (AvgIpc) is 2.24. The topological polar surface area (TPSA) is 58.0 Å². The van der Waals surface area contributed by atoms with Crippen LogP contribution in [0, 0.1) is 5.92 Å². The van der Waals surface area contributed by atoms with E-state index in [-0.39, 0.29) is 0 Å². The van der Waals surface area contributed by atoms with Crippen molar-refractivity contribution in [2.75, 3.05) is 11.9 Å².